The highest BCUT2D eigenvalue weighted by Gasteiger charge is 2.40. The van der Waals surface area contributed by atoms with E-state index in [9.17, 15) is 9.59 Å². The summed E-state index contributed by atoms with van der Waals surface area (Å²) < 4.78 is 5.50. The van der Waals surface area contributed by atoms with Crippen molar-refractivity contribution in [3.63, 3.8) is 0 Å². The molecule has 1 aromatic rings. The molecule has 2 fully saturated rings. The van der Waals surface area contributed by atoms with Crippen molar-refractivity contribution in [1.29, 1.82) is 0 Å². The van der Waals surface area contributed by atoms with Crippen LogP contribution in [0.15, 0.2) is 18.2 Å². The summed E-state index contributed by atoms with van der Waals surface area (Å²) in [6.07, 6.45) is 5.59. The third kappa shape index (κ3) is 5.29. The van der Waals surface area contributed by atoms with E-state index in [2.05, 4.69) is 17.6 Å². The lowest BCUT2D eigenvalue weighted by Gasteiger charge is -2.44. The number of rotatable bonds is 6. The molecule has 2 aliphatic rings. The van der Waals surface area contributed by atoms with Crippen molar-refractivity contribution in [2.45, 2.75) is 57.5 Å². The van der Waals surface area contributed by atoms with Crippen molar-refractivity contribution >= 4 is 35.0 Å². The van der Waals surface area contributed by atoms with E-state index in [1.807, 2.05) is 0 Å². The first kappa shape index (κ1) is 20.3. The summed E-state index contributed by atoms with van der Waals surface area (Å²) in [5.41, 5.74) is 0. The topological polar surface area (TPSA) is 67.4 Å². The van der Waals surface area contributed by atoms with Crippen LogP contribution >= 0.6 is 23.2 Å². The van der Waals surface area contributed by atoms with E-state index in [4.69, 9.17) is 27.9 Å². The second-order valence-electron chi connectivity index (χ2n) is 7.53. The maximum absolute atomic E-state index is 12.3. The Morgan fingerprint density at radius 3 is 2.89 bits per heavy atom. The standard InChI is InChI=1S/C20H26Cl2N2O3/c1-2-3-12-8-19(25)24-17-10-14(5-6-15(12)17)23-20(26)11-27-18-7-4-13(21)9-16(18)22/h4,7,9,12,14-15,17H,2-3,5-6,8,10-11H2,1H3,(H,23,26)(H,24,25). The number of carbonyl (C=O) groups is 2. The second kappa shape index (κ2) is 9.16. The van der Waals surface area contributed by atoms with E-state index in [0.29, 0.717) is 34.1 Å². The Labute approximate surface area is 170 Å². The van der Waals surface area contributed by atoms with Gasteiger partial charge in [0.2, 0.25) is 5.91 Å². The van der Waals surface area contributed by atoms with Crippen molar-refractivity contribution in [3.05, 3.63) is 28.2 Å². The average molecular weight is 413 g/mol. The number of piperidine rings is 1. The van der Waals surface area contributed by atoms with Gasteiger partial charge in [-0.15, -0.1) is 0 Å². The number of fused-ring (bicyclic) bond motifs is 1. The molecule has 1 aliphatic heterocycles. The molecular weight excluding hydrogens is 387 g/mol. The number of carbonyl (C=O) groups excluding carboxylic acids is 2. The van der Waals surface area contributed by atoms with Crippen LogP contribution in [-0.2, 0) is 9.59 Å². The molecule has 1 saturated heterocycles. The highest BCUT2D eigenvalue weighted by atomic mass is 35.5. The number of halogens is 2. The third-order valence-corrected chi connectivity index (χ3v) is 6.11. The highest BCUT2D eigenvalue weighted by Crippen LogP contribution is 2.37. The summed E-state index contributed by atoms with van der Waals surface area (Å²) in [4.78, 5) is 24.3. The minimum absolute atomic E-state index is 0.0590. The molecule has 4 atom stereocenters. The smallest absolute Gasteiger partial charge is 0.258 e. The van der Waals surface area contributed by atoms with Crippen LogP contribution in [0.1, 0.15) is 45.4 Å². The van der Waals surface area contributed by atoms with Gasteiger partial charge in [-0.25, -0.2) is 0 Å². The van der Waals surface area contributed by atoms with Gasteiger partial charge in [-0.1, -0.05) is 36.5 Å². The van der Waals surface area contributed by atoms with Gasteiger partial charge >= 0.3 is 0 Å². The molecule has 1 heterocycles. The van der Waals surface area contributed by atoms with Gasteiger partial charge in [-0.3, -0.25) is 9.59 Å². The molecule has 2 amide bonds. The molecule has 1 aromatic carbocycles. The Morgan fingerprint density at radius 2 is 2.15 bits per heavy atom. The van der Waals surface area contributed by atoms with Gasteiger partial charge < -0.3 is 15.4 Å². The van der Waals surface area contributed by atoms with Crippen LogP contribution in [0.2, 0.25) is 10.0 Å². The lowest BCUT2D eigenvalue weighted by atomic mass is 9.70. The Morgan fingerprint density at radius 1 is 1.33 bits per heavy atom. The average Bonchev–Trinajstić information content (AvgIpc) is 2.61. The van der Waals surface area contributed by atoms with E-state index in [1.165, 1.54) is 0 Å². The van der Waals surface area contributed by atoms with Crippen LogP contribution in [-0.4, -0.2) is 30.5 Å². The maximum Gasteiger partial charge on any atom is 0.258 e. The van der Waals surface area contributed by atoms with E-state index in [1.54, 1.807) is 18.2 Å². The van der Waals surface area contributed by atoms with Crippen LogP contribution < -0.4 is 15.4 Å². The third-order valence-electron chi connectivity index (χ3n) is 5.58. The summed E-state index contributed by atoms with van der Waals surface area (Å²) in [5.74, 6) is 1.39. The van der Waals surface area contributed by atoms with Crippen molar-refractivity contribution in [1.82, 2.24) is 10.6 Å². The summed E-state index contributed by atoms with van der Waals surface area (Å²) in [6, 6.07) is 5.11. The SMILES string of the molecule is CCCC1CC(=O)NC2CC(NC(=O)COc3ccc(Cl)cc3Cl)CCC12. The molecular formula is C20H26Cl2N2O3. The highest BCUT2D eigenvalue weighted by molar-refractivity contribution is 6.35. The Bertz CT molecular complexity index is 698. The quantitative estimate of drug-likeness (QED) is 0.742. The van der Waals surface area contributed by atoms with Crippen LogP contribution in [0, 0.1) is 11.8 Å². The fourth-order valence-corrected chi connectivity index (χ4v) is 4.87. The van der Waals surface area contributed by atoms with E-state index in [0.717, 1.165) is 32.1 Å². The van der Waals surface area contributed by atoms with Crippen molar-refractivity contribution in [2.24, 2.45) is 11.8 Å². The number of nitrogens with one attached hydrogen (secondary N) is 2. The molecule has 7 heteroatoms. The largest absolute Gasteiger partial charge is 0.482 e. The number of hydrogen-bond donors (Lipinski definition) is 2. The minimum atomic E-state index is -0.184. The van der Waals surface area contributed by atoms with E-state index >= 15 is 0 Å². The Kier molecular flexibility index (Phi) is 6.88. The van der Waals surface area contributed by atoms with Crippen molar-refractivity contribution < 1.29 is 14.3 Å². The predicted octanol–water partition coefficient (Wildman–Crippen LogP) is 3.96. The summed E-state index contributed by atoms with van der Waals surface area (Å²) in [6.45, 7) is 2.07. The van der Waals surface area contributed by atoms with Gasteiger partial charge in [0.1, 0.15) is 5.75 Å². The first-order valence-corrected chi connectivity index (χ1v) is 10.4. The summed E-state index contributed by atoms with van der Waals surface area (Å²) >= 11 is 11.9. The normalized spacial score (nSPS) is 27.4. The summed E-state index contributed by atoms with van der Waals surface area (Å²) in [5, 5.41) is 7.05. The molecule has 0 bridgehead atoms. The molecule has 2 N–H and O–H groups in total. The second-order valence-corrected chi connectivity index (χ2v) is 8.38. The van der Waals surface area contributed by atoms with Crippen LogP contribution in [0.5, 0.6) is 5.75 Å². The zero-order valence-electron chi connectivity index (χ0n) is 15.5. The van der Waals surface area contributed by atoms with Gasteiger partial charge in [0.25, 0.3) is 5.91 Å². The van der Waals surface area contributed by atoms with Crippen LogP contribution in [0.4, 0.5) is 0 Å². The molecule has 4 unspecified atom stereocenters. The van der Waals surface area contributed by atoms with Gasteiger partial charge in [0.05, 0.1) is 5.02 Å². The molecule has 0 radical (unpaired) electrons. The molecule has 0 aromatic heterocycles. The number of benzene rings is 1. The molecule has 27 heavy (non-hydrogen) atoms. The van der Waals surface area contributed by atoms with Gasteiger partial charge in [-0.2, -0.15) is 0 Å². The molecule has 3 rings (SSSR count). The fraction of sp³-hybridized carbons (Fsp3) is 0.600. The van der Waals surface area contributed by atoms with Gasteiger partial charge in [0, 0.05) is 23.5 Å². The predicted molar refractivity (Wildman–Crippen MR) is 106 cm³/mol. The van der Waals surface area contributed by atoms with E-state index in [-0.39, 0.29) is 30.5 Å². The zero-order valence-corrected chi connectivity index (χ0v) is 17.0. The molecule has 1 saturated carbocycles. The molecule has 0 spiro atoms. The lowest BCUT2D eigenvalue weighted by molar-refractivity contribution is -0.127. The first-order valence-electron chi connectivity index (χ1n) is 9.62. The van der Waals surface area contributed by atoms with Crippen molar-refractivity contribution in [3.8, 4) is 5.75 Å². The zero-order chi connectivity index (χ0) is 19.4. The maximum atomic E-state index is 12.3. The van der Waals surface area contributed by atoms with Crippen LogP contribution in [0.3, 0.4) is 0 Å². The summed E-state index contributed by atoms with van der Waals surface area (Å²) in [7, 11) is 0. The van der Waals surface area contributed by atoms with Crippen molar-refractivity contribution in [2.75, 3.05) is 6.61 Å². The number of amides is 2. The number of ether oxygens (including phenoxy) is 1. The minimum Gasteiger partial charge on any atom is -0.482 e. The van der Waals surface area contributed by atoms with Crippen LogP contribution in [0.25, 0.3) is 0 Å². The monoisotopic (exact) mass is 412 g/mol. The molecule has 1 aliphatic carbocycles. The Hall–Kier alpha value is -1.46. The fourth-order valence-electron chi connectivity index (χ4n) is 4.40. The number of hydrogen-bond acceptors (Lipinski definition) is 3. The first-order chi connectivity index (χ1) is 13.0. The Balaban J connectivity index is 1.50. The molecule has 148 valence electrons. The van der Waals surface area contributed by atoms with Gasteiger partial charge in [0.15, 0.2) is 6.61 Å². The van der Waals surface area contributed by atoms with Gasteiger partial charge in [-0.05, 0) is 55.7 Å². The molecule has 5 nitrogen and oxygen atoms in total. The van der Waals surface area contributed by atoms with E-state index < -0.39 is 0 Å². The lowest BCUT2D eigenvalue weighted by Crippen LogP contribution is -2.55.